The minimum Gasteiger partial charge on any atom is -0.329 e. The lowest BCUT2D eigenvalue weighted by atomic mass is 9.92. The molecule has 0 atom stereocenters. The SMILES string of the molecule is Cc1ccc2c(c1)nc1n2C2(CCCC2)C(=O)N(Cc2ccc(Cl)cc2)C1. The van der Waals surface area contributed by atoms with Gasteiger partial charge in [0.05, 0.1) is 17.6 Å². The summed E-state index contributed by atoms with van der Waals surface area (Å²) in [5.41, 5.74) is 3.92. The Morgan fingerprint density at radius 1 is 1.11 bits per heavy atom. The maximum atomic E-state index is 13.6. The van der Waals surface area contributed by atoms with Crippen LogP contribution in [0, 0.1) is 6.92 Å². The molecular formula is C22H22ClN3O. The molecule has 1 saturated carbocycles. The van der Waals surface area contributed by atoms with Crippen LogP contribution in [0.15, 0.2) is 42.5 Å². The number of halogens is 1. The average molecular weight is 380 g/mol. The lowest BCUT2D eigenvalue weighted by molar-refractivity contribution is -0.144. The van der Waals surface area contributed by atoms with E-state index in [1.165, 1.54) is 5.56 Å². The summed E-state index contributed by atoms with van der Waals surface area (Å²) in [6, 6.07) is 14.1. The lowest BCUT2D eigenvalue weighted by Crippen LogP contribution is -2.53. The highest BCUT2D eigenvalue weighted by atomic mass is 35.5. The number of nitrogens with zero attached hydrogens (tertiary/aromatic N) is 3. The van der Waals surface area contributed by atoms with Crippen LogP contribution in [0.5, 0.6) is 0 Å². The van der Waals surface area contributed by atoms with Crippen LogP contribution >= 0.6 is 11.6 Å². The molecular weight excluding hydrogens is 358 g/mol. The first-order valence-corrected chi connectivity index (χ1v) is 9.97. The van der Waals surface area contributed by atoms with Crippen molar-refractivity contribution < 1.29 is 4.79 Å². The molecule has 4 nitrogen and oxygen atoms in total. The molecule has 27 heavy (non-hydrogen) atoms. The zero-order chi connectivity index (χ0) is 18.6. The minimum atomic E-state index is -0.468. The van der Waals surface area contributed by atoms with Gasteiger partial charge in [-0.1, -0.05) is 42.6 Å². The van der Waals surface area contributed by atoms with Crippen LogP contribution in [-0.4, -0.2) is 20.4 Å². The number of carbonyl (C=O) groups excluding carboxylic acids is 1. The number of hydrogen-bond acceptors (Lipinski definition) is 2. The van der Waals surface area contributed by atoms with Crippen molar-refractivity contribution >= 4 is 28.5 Å². The number of imidazole rings is 1. The molecule has 5 heteroatoms. The number of fused-ring (bicyclic) bond motifs is 4. The van der Waals surface area contributed by atoms with Crippen molar-refractivity contribution in [3.05, 3.63) is 64.4 Å². The van der Waals surface area contributed by atoms with Crippen molar-refractivity contribution in [3.8, 4) is 0 Å². The molecule has 1 aliphatic heterocycles. The van der Waals surface area contributed by atoms with E-state index in [0.29, 0.717) is 18.1 Å². The predicted molar refractivity (Wildman–Crippen MR) is 107 cm³/mol. The average Bonchev–Trinajstić information content (AvgIpc) is 3.26. The van der Waals surface area contributed by atoms with E-state index in [0.717, 1.165) is 48.1 Å². The first-order chi connectivity index (χ1) is 13.1. The van der Waals surface area contributed by atoms with Gasteiger partial charge in [0.25, 0.3) is 0 Å². The first-order valence-electron chi connectivity index (χ1n) is 9.59. The molecule has 1 fully saturated rings. The van der Waals surface area contributed by atoms with Crippen molar-refractivity contribution in [2.24, 2.45) is 0 Å². The number of amides is 1. The van der Waals surface area contributed by atoms with Crippen LogP contribution in [0.2, 0.25) is 5.02 Å². The molecule has 0 unspecified atom stereocenters. The topological polar surface area (TPSA) is 38.1 Å². The summed E-state index contributed by atoms with van der Waals surface area (Å²) in [4.78, 5) is 20.5. The van der Waals surface area contributed by atoms with Crippen molar-refractivity contribution in [2.75, 3.05) is 0 Å². The van der Waals surface area contributed by atoms with E-state index in [4.69, 9.17) is 16.6 Å². The summed E-state index contributed by atoms with van der Waals surface area (Å²) in [5, 5.41) is 0.716. The Morgan fingerprint density at radius 2 is 1.85 bits per heavy atom. The second-order valence-corrected chi connectivity index (χ2v) is 8.32. The van der Waals surface area contributed by atoms with Gasteiger partial charge in [-0.3, -0.25) is 4.79 Å². The van der Waals surface area contributed by atoms with Crippen molar-refractivity contribution in [2.45, 2.75) is 51.2 Å². The van der Waals surface area contributed by atoms with Gasteiger partial charge in [0.2, 0.25) is 5.91 Å². The third-order valence-electron chi connectivity index (χ3n) is 6.04. The van der Waals surface area contributed by atoms with E-state index in [1.807, 2.05) is 29.2 Å². The Hall–Kier alpha value is -2.33. The molecule has 0 bridgehead atoms. The van der Waals surface area contributed by atoms with Crippen molar-refractivity contribution in [1.29, 1.82) is 0 Å². The lowest BCUT2D eigenvalue weighted by Gasteiger charge is -2.41. The van der Waals surface area contributed by atoms with Gasteiger partial charge in [-0.05, 0) is 55.2 Å². The van der Waals surface area contributed by atoms with Gasteiger partial charge in [0, 0.05) is 11.6 Å². The Labute approximate surface area is 163 Å². The maximum Gasteiger partial charge on any atom is 0.249 e. The van der Waals surface area contributed by atoms with Crippen LogP contribution in [0.25, 0.3) is 11.0 Å². The van der Waals surface area contributed by atoms with Gasteiger partial charge in [-0.25, -0.2) is 4.98 Å². The Balaban J connectivity index is 1.61. The summed E-state index contributed by atoms with van der Waals surface area (Å²) < 4.78 is 2.26. The van der Waals surface area contributed by atoms with Gasteiger partial charge in [-0.15, -0.1) is 0 Å². The molecule has 1 aromatic heterocycles. The highest BCUT2D eigenvalue weighted by molar-refractivity contribution is 6.30. The van der Waals surface area contributed by atoms with Crippen LogP contribution in [0.1, 0.15) is 42.6 Å². The molecule has 138 valence electrons. The summed E-state index contributed by atoms with van der Waals surface area (Å²) in [5.74, 6) is 1.24. The van der Waals surface area contributed by atoms with Gasteiger partial charge in [-0.2, -0.15) is 0 Å². The fourth-order valence-corrected chi connectivity index (χ4v) is 4.92. The van der Waals surface area contributed by atoms with E-state index >= 15 is 0 Å². The third kappa shape index (κ3) is 2.58. The predicted octanol–water partition coefficient (Wildman–Crippen LogP) is 4.81. The molecule has 0 radical (unpaired) electrons. The molecule has 3 aromatic rings. The number of hydrogen-bond donors (Lipinski definition) is 0. The number of aryl methyl sites for hydroxylation is 1. The number of rotatable bonds is 2. The Morgan fingerprint density at radius 3 is 2.59 bits per heavy atom. The summed E-state index contributed by atoms with van der Waals surface area (Å²) in [7, 11) is 0. The van der Waals surface area contributed by atoms with E-state index in [-0.39, 0.29) is 5.91 Å². The number of benzene rings is 2. The molecule has 0 N–H and O–H groups in total. The molecule has 1 amide bonds. The van der Waals surface area contributed by atoms with Crippen LogP contribution in [-0.2, 0) is 23.4 Å². The zero-order valence-electron chi connectivity index (χ0n) is 15.4. The monoisotopic (exact) mass is 379 g/mol. The van der Waals surface area contributed by atoms with Crippen LogP contribution in [0.3, 0.4) is 0 Å². The van der Waals surface area contributed by atoms with E-state index in [9.17, 15) is 4.79 Å². The quantitative estimate of drug-likeness (QED) is 0.640. The second kappa shape index (κ2) is 6.10. The largest absolute Gasteiger partial charge is 0.329 e. The van der Waals surface area contributed by atoms with Crippen molar-refractivity contribution in [1.82, 2.24) is 14.5 Å². The molecule has 5 rings (SSSR count). The normalized spacial score (nSPS) is 18.4. The van der Waals surface area contributed by atoms with Crippen LogP contribution in [0.4, 0.5) is 0 Å². The van der Waals surface area contributed by atoms with Crippen LogP contribution < -0.4 is 0 Å². The zero-order valence-corrected chi connectivity index (χ0v) is 16.2. The number of carbonyl (C=O) groups is 1. The van der Waals surface area contributed by atoms with Gasteiger partial charge < -0.3 is 9.47 Å². The third-order valence-corrected chi connectivity index (χ3v) is 6.29. The van der Waals surface area contributed by atoms with Gasteiger partial charge >= 0.3 is 0 Å². The van der Waals surface area contributed by atoms with Gasteiger partial charge in [0.1, 0.15) is 11.4 Å². The molecule has 2 aliphatic rings. The van der Waals surface area contributed by atoms with E-state index in [2.05, 4.69) is 29.7 Å². The maximum absolute atomic E-state index is 13.6. The molecule has 1 spiro atoms. The second-order valence-electron chi connectivity index (χ2n) is 7.88. The molecule has 0 saturated heterocycles. The minimum absolute atomic E-state index is 0.238. The highest BCUT2D eigenvalue weighted by Crippen LogP contribution is 2.44. The molecule has 2 aromatic carbocycles. The Kier molecular flexibility index (Phi) is 3.80. The van der Waals surface area contributed by atoms with Crippen molar-refractivity contribution in [3.63, 3.8) is 0 Å². The molecule has 1 aliphatic carbocycles. The van der Waals surface area contributed by atoms with E-state index in [1.54, 1.807) is 0 Å². The number of aromatic nitrogens is 2. The summed E-state index contributed by atoms with van der Waals surface area (Å²) in [6.07, 6.45) is 3.97. The molecule has 2 heterocycles. The summed E-state index contributed by atoms with van der Waals surface area (Å²) >= 11 is 6.01. The highest BCUT2D eigenvalue weighted by Gasteiger charge is 2.50. The first kappa shape index (κ1) is 16.8. The Bertz CT molecular complexity index is 1030. The smallest absolute Gasteiger partial charge is 0.249 e. The summed E-state index contributed by atoms with van der Waals surface area (Å²) in [6.45, 7) is 3.23. The fraction of sp³-hybridized carbons (Fsp3) is 0.364. The van der Waals surface area contributed by atoms with Gasteiger partial charge in [0.15, 0.2) is 0 Å². The van der Waals surface area contributed by atoms with E-state index < -0.39 is 5.54 Å². The fourth-order valence-electron chi connectivity index (χ4n) is 4.79. The standard InChI is InChI=1S/C22H22ClN3O/c1-15-4-9-19-18(12-15)24-20-14-25(13-16-5-7-17(23)8-6-16)21(27)22(26(19)20)10-2-3-11-22/h4-9,12H,2-3,10-11,13-14H2,1H3.